The van der Waals surface area contributed by atoms with Crippen molar-refractivity contribution in [3.8, 4) is 11.8 Å². The molecule has 4 heterocycles. The molecule has 37 heavy (non-hydrogen) atoms. The van der Waals surface area contributed by atoms with Crippen molar-refractivity contribution in [3.63, 3.8) is 0 Å². The van der Waals surface area contributed by atoms with Gasteiger partial charge in [-0.25, -0.2) is 0 Å². The zero-order valence-corrected chi connectivity index (χ0v) is 22.3. The van der Waals surface area contributed by atoms with E-state index in [9.17, 15) is 0 Å². The Morgan fingerprint density at radius 3 is 2.68 bits per heavy atom. The Labute approximate surface area is 219 Å². The molecule has 0 amide bonds. The Kier molecular flexibility index (Phi) is 6.78. The number of nitrogens with one attached hydrogen (secondary N) is 1. The highest BCUT2D eigenvalue weighted by Crippen LogP contribution is 2.40. The summed E-state index contributed by atoms with van der Waals surface area (Å²) in [6.07, 6.45) is 3.30. The van der Waals surface area contributed by atoms with Crippen LogP contribution in [0.4, 0.5) is 11.5 Å². The van der Waals surface area contributed by atoms with Crippen LogP contribution in [-0.4, -0.2) is 80.9 Å². The van der Waals surface area contributed by atoms with Crippen LogP contribution in [0, 0.1) is 6.92 Å². The molecule has 196 valence electrons. The second-order valence-electron chi connectivity index (χ2n) is 10.5. The van der Waals surface area contributed by atoms with Crippen molar-refractivity contribution in [2.24, 2.45) is 0 Å². The lowest BCUT2D eigenvalue weighted by Crippen LogP contribution is -2.45. The van der Waals surface area contributed by atoms with Crippen molar-refractivity contribution in [1.82, 2.24) is 20.2 Å². The predicted octanol–water partition coefficient (Wildman–Crippen LogP) is 3.39. The third kappa shape index (κ3) is 4.68. The van der Waals surface area contributed by atoms with Crippen LogP contribution in [0.5, 0.6) is 11.8 Å². The van der Waals surface area contributed by atoms with Gasteiger partial charge in [-0.05, 0) is 51.2 Å². The van der Waals surface area contributed by atoms with E-state index in [0.29, 0.717) is 18.7 Å². The van der Waals surface area contributed by atoms with Gasteiger partial charge < -0.3 is 29.5 Å². The highest BCUT2D eigenvalue weighted by atomic mass is 16.5. The summed E-state index contributed by atoms with van der Waals surface area (Å²) in [6.45, 7) is 9.44. The lowest BCUT2D eigenvalue weighted by molar-refractivity contribution is 0.187. The van der Waals surface area contributed by atoms with Gasteiger partial charge in [-0.3, -0.25) is 0 Å². The summed E-state index contributed by atoms with van der Waals surface area (Å²) in [5.74, 6) is 1.99. The summed E-state index contributed by atoms with van der Waals surface area (Å²) in [5, 5.41) is 5.91. The highest BCUT2D eigenvalue weighted by Gasteiger charge is 2.29. The van der Waals surface area contributed by atoms with Gasteiger partial charge in [0, 0.05) is 55.3 Å². The van der Waals surface area contributed by atoms with E-state index in [-0.39, 0.29) is 0 Å². The number of hydrogen-bond donors (Lipinski definition) is 1. The van der Waals surface area contributed by atoms with Crippen molar-refractivity contribution in [2.45, 2.75) is 38.8 Å². The standard InChI is InChI=1S/C29H38N6O2/c1-20-26(36-3)17-21-7-4-5-9-23(21)27(20)35-14-10-24-25(18-35)31-29(37-19-22-8-6-13-33(22)2)32-28(24)34-15-11-30-12-16-34/h4-5,7,9,17,22,30H,6,8,10-16,18-19H2,1-3H3/t22-/m0/s1. The molecule has 0 radical (unpaired) electrons. The van der Waals surface area contributed by atoms with Gasteiger partial charge in [0.25, 0.3) is 0 Å². The molecule has 0 unspecified atom stereocenters. The summed E-state index contributed by atoms with van der Waals surface area (Å²) >= 11 is 0. The number of hydrogen-bond acceptors (Lipinski definition) is 8. The smallest absolute Gasteiger partial charge is 0.318 e. The molecule has 6 rings (SSSR count). The van der Waals surface area contributed by atoms with Gasteiger partial charge in [-0.2, -0.15) is 9.97 Å². The van der Waals surface area contributed by atoms with Crippen molar-refractivity contribution in [3.05, 3.63) is 47.2 Å². The predicted molar refractivity (Wildman–Crippen MR) is 148 cm³/mol. The number of benzene rings is 2. The van der Waals surface area contributed by atoms with Gasteiger partial charge in [0.05, 0.1) is 25.0 Å². The van der Waals surface area contributed by atoms with Gasteiger partial charge in [-0.15, -0.1) is 0 Å². The molecule has 3 aliphatic rings. The van der Waals surface area contributed by atoms with Gasteiger partial charge in [0.15, 0.2) is 0 Å². The number of anilines is 2. The van der Waals surface area contributed by atoms with E-state index in [1.54, 1.807) is 7.11 Å². The molecule has 3 aliphatic heterocycles. The minimum atomic E-state index is 0.435. The largest absolute Gasteiger partial charge is 0.496 e. The molecule has 3 aromatic rings. The molecule has 0 spiro atoms. The zero-order chi connectivity index (χ0) is 25.4. The maximum atomic E-state index is 6.28. The minimum absolute atomic E-state index is 0.435. The summed E-state index contributed by atoms with van der Waals surface area (Å²) in [4.78, 5) is 17.3. The first kappa shape index (κ1) is 24.2. The fourth-order valence-corrected chi connectivity index (χ4v) is 6.17. The Morgan fingerprint density at radius 1 is 1.05 bits per heavy atom. The van der Waals surface area contributed by atoms with E-state index in [1.165, 1.54) is 40.4 Å². The molecule has 8 nitrogen and oxygen atoms in total. The topological polar surface area (TPSA) is 66.0 Å². The molecular formula is C29H38N6O2. The number of ether oxygens (including phenoxy) is 2. The van der Waals surface area contributed by atoms with Crippen LogP contribution in [0.2, 0.25) is 0 Å². The van der Waals surface area contributed by atoms with Crippen molar-refractivity contribution >= 4 is 22.3 Å². The molecule has 0 aliphatic carbocycles. The summed E-state index contributed by atoms with van der Waals surface area (Å²) in [6, 6.07) is 11.7. The van der Waals surface area contributed by atoms with Crippen LogP contribution in [0.15, 0.2) is 30.3 Å². The third-order valence-electron chi connectivity index (χ3n) is 8.28. The molecular weight excluding hydrogens is 464 g/mol. The second kappa shape index (κ2) is 10.3. The van der Waals surface area contributed by atoms with Crippen molar-refractivity contribution in [1.29, 1.82) is 0 Å². The van der Waals surface area contributed by atoms with Crippen LogP contribution in [0.25, 0.3) is 10.8 Å². The second-order valence-corrected chi connectivity index (χ2v) is 10.5. The first-order chi connectivity index (χ1) is 18.1. The summed E-state index contributed by atoms with van der Waals surface area (Å²) in [7, 11) is 3.93. The van der Waals surface area contributed by atoms with E-state index in [4.69, 9.17) is 19.4 Å². The third-order valence-corrected chi connectivity index (χ3v) is 8.28. The molecule has 1 aromatic heterocycles. The average Bonchev–Trinajstić information content (AvgIpc) is 3.35. The first-order valence-electron chi connectivity index (χ1n) is 13.6. The number of likely N-dealkylation sites (N-methyl/N-ethyl adjacent to an activating group) is 1. The molecule has 2 saturated heterocycles. The lowest BCUT2D eigenvalue weighted by Gasteiger charge is -2.36. The Hall–Kier alpha value is -3.10. The van der Waals surface area contributed by atoms with Crippen LogP contribution in [0.3, 0.4) is 0 Å². The van der Waals surface area contributed by atoms with Gasteiger partial charge in [-0.1, -0.05) is 24.3 Å². The zero-order valence-electron chi connectivity index (χ0n) is 22.3. The first-order valence-corrected chi connectivity index (χ1v) is 13.6. The van der Waals surface area contributed by atoms with Gasteiger partial charge in [0.2, 0.25) is 0 Å². The molecule has 1 N–H and O–H groups in total. The highest BCUT2D eigenvalue weighted by molar-refractivity contribution is 5.97. The fraction of sp³-hybridized carbons (Fsp3) is 0.517. The van der Waals surface area contributed by atoms with E-state index >= 15 is 0 Å². The van der Waals surface area contributed by atoms with Crippen LogP contribution < -0.4 is 24.6 Å². The molecule has 1 atom stereocenters. The Balaban J connectivity index is 1.36. The quantitative estimate of drug-likeness (QED) is 0.550. The maximum Gasteiger partial charge on any atom is 0.318 e. The number of nitrogens with zero attached hydrogens (tertiary/aromatic N) is 5. The summed E-state index contributed by atoms with van der Waals surface area (Å²) in [5.41, 5.74) is 4.75. The van der Waals surface area contributed by atoms with Crippen molar-refractivity contribution < 1.29 is 9.47 Å². The molecule has 2 aromatic carbocycles. The van der Waals surface area contributed by atoms with E-state index in [1.807, 2.05) is 0 Å². The Bertz CT molecular complexity index is 1270. The average molecular weight is 503 g/mol. The Morgan fingerprint density at radius 2 is 1.89 bits per heavy atom. The maximum absolute atomic E-state index is 6.28. The van der Waals surface area contributed by atoms with Crippen LogP contribution in [0.1, 0.15) is 29.7 Å². The number of aromatic nitrogens is 2. The molecule has 2 fully saturated rings. The number of likely N-dealkylation sites (tertiary alicyclic amines) is 1. The van der Waals surface area contributed by atoms with E-state index in [0.717, 1.165) is 69.5 Å². The number of piperazine rings is 1. The van der Waals surface area contributed by atoms with E-state index in [2.05, 4.69) is 64.3 Å². The molecule has 0 saturated carbocycles. The number of fused-ring (bicyclic) bond motifs is 2. The molecule has 8 heteroatoms. The monoisotopic (exact) mass is 502 g/mol. The fourth-order valence-electron chi connectivity index (χ4n) is 6.17. The lowest BCUT2D eigenvalue weighted by atomic mass is 9.99. The van der Waals surface area contributed by atoms with Crippen LogP contribution in [-0.2, 0) is 13.0 Å². The number of rotatable bonds is 6. The van der Waals surface area contributed by atoms with Gasteiger partial charge >= 0.3 is 6.01 Å². The van der Waals surface area contributed by atoms with Crippen molar-refractivity contribution in [2.75, 3.05) is 69.8 Å². The van der Waals surface area contributed by atoms with Crippen LogP contribution >= 0.6 is 0 Å². The SMILES string of the molecule is COc1cc2ccccc2c(N2CCc3c(nc(OC[C@@H]4CCCN4C)nc3N3CCNCC3)C2)c1C. The number of methoxy groups -OCH3 is 1. The van der Waals surface area contributed by atoms with Gasteiger partial charge in [0.1, 0.15) is 18.2 Å². The molecule has 0 bridgehead atoms. The van der Waals surface area contributed by atoms with E-state index < -0.39 is 0 Å². The summed E-state index contributed by atoms with van der Waals surface area (Å²) < 4.78 is 12.1. The minimum Gasteiger partial charge on any atom is -0.496 e. The normalized spacial score (nSPS) is 20.4.